The van der Waals surface area contributed by atoms with Crippen LogP contribution in [0.4, 0.5) is 5.69 Å². The molecular weight excluding hydrogens is 162 g/mol. The largest absolute Gasteiger partial charge is 0.387 e. The molecule has 1 N–H and O–H groups in total. The van der Waals surface area contributed by atoms with Crippen LogP contribution in [0.15, 0.2) is 12.1 Å². The third-order valence-corrected chi connectivity index (χ3v) is 1.86. The van der Waals surface area contributed by atoms with Gasteiger partial charge in [0.05, 0.1) is 11.4 Å². The number of anilines is 1. The van der Waals surface area contributed by atoms with E-state index in [-0.39, 0.29) is 0 Å². The summed E-state index contributed by atoms with van der Waals surface area (Å²) in [6.07, 6.45) is 0. The van der Waals surface area contributed by atoms with Crippen molar-refractivity contribution in [3.8, 4) is 6.07 Å². The Kier molecular flexibility index (Phi) is 2.86. The molecule has 1 heterocycles. The predicted octanol–water partition coefficient (Wildman–Crippen LogP) is 2.12. The molecule has 3 heteroatoms. The molecule has 1 aromatic heterocycles. The Labute approximate surface area is 78.4 Å². The van der Waals surface area contributed by atoms with Crippen LogP contribution in [0.5, 0.6) is 0 Å². The normalized spacial score (nSPS) is 9.77. The third-order valence-electron chi connectivity index (χ3n) is 1.86. The van der Waals surface area contributed by atoms with Gasteiger partial charge in [0.25, 0.3) is 0 Å². The zero-order chi connectivity index (χ0) is 9.84. The quantitative estimate of drug-likeness (QED) is 0.749. The van der Waals surface area contributed by atoms with Gasteiger partial charge in [-0.05, 0) is 18.1 Å². The summed E-state index contributed by atoms with van der Waals surface area (Å²) in [5.41, 5.74) is 2.42. The van der Waals surface area contributed by atoms with Crippen LogP contribution < -0.4 is 5.32 Å². The van der Waals surface area contributed by atoms with Crippen molar-refractivity contribution in [1.29, 1.82) is 5.26 Å². The number of hydrogen-bond acceptors (Lipinski definition) is 3. The van der Waals surface area contributed by atoms with Crippen LogP contribution in [0, 0.1) is 11.3 Å². The van der Waals surface area contributed by atoms with Gasteiger partial charge in [-0.25, -0.2) is 4.98 Å². The average Bonchev–Trinajstić information content (AvgIpc) is 2.16. The van der Waals surface area contributed by atoms with E-state index in [1.165, 1.54) is 0 Å². The molecule has 0 radical (unpaired) electrons. The van der Waals surface area contributed by atoms with Gasteiger partial charge in [-0.3, -0.25) is 0 Å². The van der Waals surface area contributed by atoms with Crippen molar-refractivity contribution in [3.05, 3.63) is 23.5 Å². The number of aromatic nitrogens is 1. The summed E-state index contributed by atoms with van der Waals surface area (Å²) in [5, 5.41) is 11.7. The Balaban J connectivity index is 3.20. The molecule has 0 atom stereocenters. The van der Waals surface area contributed by atoms with Crippen LogP contribution in [0.1, 0.15) is 31.2 Å². The molecule has 0 saturated heterocycles. The number of rotatable bonds is 2. The maximum absolute atomic E-state index is 8.67. The summed E-state index contributed by atoms with van der Waals surface area (Å²) < 4.78 is 0. The number of nitrogens with one attached hydrogen (secondary N) is 1. The predicted molar refractivity (Wildman–Crippen MR) is 52.6 cm³/mol. The smallest absolute Gasteiger partial charge is 0.140 e. The lowest BCUT2D eigenvalue weighted by Crippen LogP contribution is -2.01. The standard InChI is InChI=1S/C10H13N3/c1-7(2)10-9(12-3)5-4-8(6-11)13-10/h4-5,7,12H,1-3H3. The van der Waals surface area contributed by atoms with Gasteiger partial charge in [-0.1, -0.05) is 13.8 Å². The van der Waals surface area contributed by atoms with Gasteiger partial charge in [0.15, 0.2) is 0 Å². The van der Waals surface area contributed by atoms with Crippen LogP contribution in [-0.2, 0) is 0 Å². The summed E-state index contributed by atoms with van der Waals surface area (Å²) in [6.45, 7) is 4.12. The molecule has 1 rings (SSSR count). The molecule has 1 aromatic rings. The van der Waals surface area contributed by atoms with Crippen LogP contribution in [0.3, 0.4) is 0 Å². The van der Waals surface area contributed by atoms with Crippen molar-refractivity contribution in [2.24, 2.45) is 0 Å². The van der Waals surface area contributed by atoms with Crippen molar-refractivity contribution in [1.82, 2.24) is 4.98 Å². The van der Waals surface area contributed by atoms with E-state index in [9.17, 15) is 0 Å². The van der Waals surface area contributed by atoms with Gasteiger partial charge in [0.2, 0.25) is 0 Å². The highest BCUT2D eigenvalue weighted by Crippen LogP contribution is 2.21. The lowest BCUT2D eigenvalue weighted by Gasteiger charge is -2.10. The number of nitriles is 1. The molecule has 0 aliphatic heterocycles. The van der Waals surface area contributed by atoms with Crippen LogP contribution in [-0.4, -0.2) is 12.0 Å². The van der Waals surface area contributed by atoms with Crippen LogP contribution in [0.25, 0.3) is 0 Å². The second-order valence-corrected chi connectivity index (χ2v) is 3.15. The average molecular weight is 175 g/mol. The Morgan fingerprint density at radius 1 is 1.46 bits per heavy atom. The van der Waals surface area contributed by atoms with Crippen molar-refractivity contribution in [2.75, 3.05) is 12.4 Å². The summed E-state index contributed by atoms with van der Waals surface area (Å²) in [7, 11) is 1.86. The van der Waals surface area contributed by atoms with E-state index in [1.54, 1.807) is 6.07 Å². The second-order valence-electron chi connectivity index (χ2n) is 3.15. The van der Waals surface area contributed by atoms with Gasteiger partial charge in [0, 0.05) is 7.05 Å². The summed E-state index contributed by atoms with van der Waals surface area (Å²) in [4.78, 5) is 4.24. The Hall–Kier alpha value is -1.56. The lowest BCUT2D eigenvalue weighted by atomic mass is 10.1. The molecular formula is C10H13N3. The van der Waals surface area contributed by atoms with Crippen LogP contribution >= 0.6 is 0 Å². The fraction of sp³-hybridized carbons (Fsp3) is 0.400. The van der Waals surface area contributed by atoms with Crippen LogP contribution in [0.2, 0.25) is 0 Å². The van der Waals surface area contributed by atoms with E-state index in [1.807, 2.05) is 19.2 Å². The summed E-state index contributed by atoms with van der Waals surface area (Å²) >= 11 is 0. The van der Waals surface area contributed by atoms with E-state index in [4.69, 9.17) is 5.26 Å². The molecule has 13 heavy (non-hydrogen) atoms. The van der Waals surface area contributed by atoms with Gasteiger partial charge in [0.1, 0.15) is 11.8 Å². The minimum atomic E-state index is 0.329. The van der Waals surface area contributed by atoms with E-state index in [2.05, 4.69) is 24.1 Å². The maximum atomic E-state index is 8.67. The SMILES string of the molecule is CNc1ccc(C#N)nc1C(C)C. The molecule has 0 saturated carbocycles. The highest BCUT2D eigenvalue weighted by atomic mass is 14.9. The van der Waals surface area contributed by atoms with Crippen molar-refractivity contribution < 1.29 is 0 Å². The van der Waals surface area contributed by atoms with E-state index in [0.717, 1.165) is 11.4 Å². The van der Waals surface area contributed by atoms with Crippen molar-refractivity contribution in [3.63, 3.8) is 0 Å². The molecule has 0 spiro atoms. The third kappa shape index (κ3) is 1.97. The minimum absolute atomic E-state index is 0.329. The number of hydrogen-bond donors (Lipinski definition) is 1. The number of pyridine rings is 1. The molecule has 3 nitrogen and oxygen atoms in total. The van der Waals surface area contributed by atoms with Crippen molar-refractivity contribution in [2.45, 2.75) is 19.8 Å². The monoisotopic (exact) mass is 175 g/mol. The molecule has 0 amide bonds. The Bertz CT molecular complexity index is 337. The first kappa shape index (κ1) is 9.53. The fourth-order valence-corrected chi connectivity index (χ4v) is 1.19. The molecule has 0 fully saturated rings. The van der Waals surface area contributed by atoms with E-state index in [0.29, 0.717) is 11.6 Å². The van der Waals surface area contributed by atoms with Gasteiger partial charge >= 0.3 is 0 Å². The zero-order valence-electron chi connectivity index (χ0n) is 8.13. The molecule has 68 valence electrons. The van der Waals surface area contributed by atoms with Crippen molar-refractivity contribution >= 4 is 5.69 Å². The Morgan fingerprint density at radius 3 is 2.62 bits per heavy atom. The fourth-order valence-electron chi connectivity index (χ4n) is 1.19. The van der Waals surface area contributed by atoms with E-state index >= 15 is 0 Å². The van der Waals surface area contributed by atoms with Gasteiger partial charge < -0.3 is 5.32 Å². The molecule has 0 aliphatic rings. The lowest BCUT2D eigenvalue weighted by molar-refractivity contribution is 0.822. The zero-order valence-corrected chi connectivity index (χ0v) is 8.13. The molecule has 0 bridgehead atoms. The minimum Gasteiger partial charge on any atom is -0.387 e. The highest BCUT2D eigenvalue weighted by molar-refractivity contribution is 5.50. The summed E-state index contributed by atoms with van der Waals surface area (Å²) in [5.74, 6) is 0.329. The first-order chi connectivity index (χ1) is 6.19. The van der Waals surface area contributed by atoms with Gasteiger partial charge in [-0.15, -0.1) is 0 Å². The second kappa shape index (κ2) is 3.90. The Morgan fingerprint density at radius 2 is 2.15 bits per heavy atom. The van der Waals surface area contributed by atoms with Gasteiger partial charge in [-0.2, -0.15) is 5.26 Å². The van der Waals surface area contributed by atoms with E-state index < -0.39 is 0 Å². The summed E-state index contributed by atoms with van der Waals surface area (Å²) in [6, 6.07) is 5.64. The molecule has 0 aliphatic carbocycles. The first-order valence-electron chi connectivity index (χ1n) is 4.27. The molecule has 0 aromatic carbocycles. The number of nitrogens with zero attached hydrogens (tertiary/aromatic N) is 2. The maximum Gasteiger partial charge on any atom is 0.140 e. The molecule has 0 unspecified atom stereocenters. The first-order valence-corrected chi connectivity index (χ1v) is 4.27. The topological polar surface area (TPSA) is 48.7 Å². The highest BCUT2D eigenvalue weighted by Gasteiger charge is 2.07.